The quantitative estimate of drug-likeness (QED) is 0.216. The van der Waals surface area contributed by atoms with Crippen LogP contribution in [0.25, 0.3) is 33.8 Å². The summed E-state index contributed by atoms with van der Waals surface area (Å²) in [6.07, 6.45) is 5.36. The zero-order chi connectivity index (χ0) is 24.4. The average molecular weight is 465 g/mol. The number of fused-ring (bicyclic) bond motifs is 3. The molecule has 0 N–H and O–H groups in total. The van der Waals surface area contributed by atoms with Gasteiger partial charge in [-0.1, -0.05) is 24.3 Å². The topological polar surface area (TPSA) is 62.1 Å². The first-order chi connectivity index (χ1) is 17.1. The molecule has 0 aliphatic carbocycles. The zero-order valence-electron chi connectivity index (χ0n) is 19.7. The van der Waals surface area contributed by atoms with Crippen molar-refractivity contribution < 1.29 is 19.0 Å². The van der Waals surface area contributed by atoms with Crippen molar-refractivity contribution in [1.29, 1.82) is 0 Å². The van der Waals surface area contributed by atoms with E-state index in [2.05, 4.69) is 18.2 Å². The number of hydrogen-bond donors (Lipinski definition) is 0. The number of hydrogen-bond acceptors (Lipinski definition) is 5. The predicted octanol–water partition coefficient (Wildman–Crippen LogP) is 6.08. The molecule has 0 atom stereocenters. The first-order valence-electron chi connectivity index (χ1n) is 11.1. The van der Waals surface area contributed by atoms with Crippen molar-refractivity contribution in [2.24, 2.45) is 0 Å². The molecule has 5 rings (SSSR count). The standard InChI is InChI=1S/C29H24N2O4/c1-33-22-11-8-20(9-12-22)28-24(31-17-16-19-6-4-5-7-23(19)29(31)30-28)13-14-25(32)21-10-15-26(34-2)27(18-21)35-3/h4-18H,1-3H3. The largest absolute Gasteiger partial charge is 0.497 e. The van der Waals surface area contributed by atoms with Crippen LogP contribution in [0.2, 0.25) is 0 Å². The van der Waals surface area contributed by atoms with E-state index < -0.39 is 0 Å². The molecular formula is C29H24N2O4. The van der Waals surface area contributed by atoms with Crippen LogP contribution in [0, 0.1) is 0 Å². The maximum atomic E-state index is 13.1. The van der Waals surface area contributed by atoms with Crippen molar-refractivity contribution in [2.45, 2.75) is 0 Å². The fraction of sp³-hybridized carbons (Fsp3) is 0.103. The van der Waals surface area contributed by atoms with Crippen LogP contribution in [0.1, 0.15) is 16.1 Å². The summed E-state index contributed by atoms with van der Waals surface area (Å²) < 4.78 is 18.0. The van der Waals surface area contributed by atoms with Gasteiger partial charge in [-0.3, -0.25) is 9.20 Å². The van der Waals surface area contributed by atoms with E-state index >= 15 is 0 Å². The minimum atomic E-state index is -0.151. The summed E-state index contributed by atoms with van der Waals surface area (Å²) in [6.45, 7) is 0. The van der Waals surface area contributed by atoms with E-state index in [4.69, 9.17) is 19.2 Å². The lowest BCUT2D eigenvalue weighted by molar-refractivity contribution is 0.104. The monoisotopic (exact) mass is 464 g/mol. The normalized spacial score (nSPS) is 11.3. The van der Waals surface area contributed by atoms with Crippen LogP contribution in [0.4, 0.5) is 0 Å². The van der Waals surface area contributed by atoms with E-state index in [0.717, 1.165) is 39.1 Å². The van der Waals surface area contributed by atoms with Crippen LogP contribution >= 0.6 is 0 Å². The molecule has 35 heavy (non-hydrogen) atoms. The van der Waals surface area contributed by atoms with Gasteiger partial charge in [-0.25, -0.2) is 4.98 Å². The van der Waals surface area contributed by atoms with Crippen LogP contribution in [-0.4, -0.2) is 36.5 Å². The Kier molecular flexibility index (Phi) is 5.94. The van der Waals surface area contributed by atoms with Gasteiger partial charge in [-0.05, 0) is 66.1 Å². The highest BCUT2D eigenvalue weighted by Gasteiger charge is 2.15. The van der Waals surface area contributed by atoms with Crippen molar-refractivity contribution in [3.05, 3.63) is 96.3 Å². The Balaban J connectivity index is 1.63. The molecule has 0 saturated heterocycles. The van der Waals surface area contributed by atoms with Gasteiger partial charge in [-0.2, -0.15) is 0 Å². The maximum absolute atomic E-state index is 13.1. The van der Waals surface area contributed by atoms with Crippen molar-refractivity contribution in [3.63, 3.8) is 0 Å². The van der Waals surface area contributed by atoms with Crippen LogP contribution in [0.5, 0.6) is 17.2 Å². The third-order valence-corrected chi connectivity index (χ3v) is 5.98. The Morgan fingerprint density at radius 1 is 0.857 bits per heavy atom. The summed E-state index contributed by atoms with van der Waals surface area (Å²) in [5.74, 6) is 1.70. The van der Waals surface area contributed by atoms with Gasteiger partial charge in [0.05, 0.1) is 32.7 Å². The molecule has 0 aliphatic rings. The Hall–Kier alpha value is -4.58. The Bertz CT molecular complexity index is 1570. The number of nitrogens with zero attached hydrogens (tertiary/aromatic N) is 2. The number of rotatable bonds is 7. The fourth-order valence-corrected chi connectivity index (χ4v) is 4.15. The van der Waals surface area contributed by atoms with Crippen LogP contribution < -0.4 is 14.2 Å². The fourth-order valence-electron chi connectivity index (χ4n) is 4.15. The zero-order valence-corrected chi connectivity index (χ0v) is 19.7. The molecule has 2 aromatic heterocycles. The lowest BCUT2D eigenvalue weighted by Gasteiger charge is -2.08. The second kappa shape index (κ2) is 9.35. The smallest absolute Gasteiger partial charge is 0.186 e. The molecule has 0 radical (unpaired) electrons. The van der Waals surface area contributed by atoms with Gasteiger partial charge in [-0.15, -0.1) is 0 Å². The minimum Gasteiger partial charge on any atom is -0.497 e. The van der Waals surface area contributed by atoms with E-state index in [9.17, 15) is 4.79 Å². The molecule has 5 aromatic rings. The molecule has 0 aliphatic heterocycles. The summed E-state index contributed by atoms with van der Waals surface area (Å²) in [4.78, 5) is 18.0. The van der Waals surface area contributed by atoms with Crippen LogP contribution in [0.3, 0.4) is 0 Å². The van der Waals surface area contributed by atoms with Crippen LogP contribution in [-0.2, 0) is 0 Å². The molecule has 0 bridgehead atoms. The molecule has 174 valence electrons. The van der Waals surface area contributed by atoms with Crippen molar-refractivity contribution in [3.8, 4) is 28.5 Å². The Morgan fingerprint density at radius 3 is 2.37 bits per heavy atom. The van der Waals surface area contributed by atoms with Gasteiger partial charge in [0.2, 0.25) is 0 Å². The molecule has 2 heterocycles. The lowest BCUT2D eigenvalue weighted by Crippen LogP contribution is -1.98. The number of methoxy groups -OCH3 is 3. The molecule has 0 spiro atoms. The summed E-state index contributed by atoms with van der Waals surface area (Å²) in [6, 6.07) is 23.0. The summed E-state index contributed by atoms with van der Waals surface area (Å²) >= 11 is 0. The van der Waals surface area contributed by atoms with E-state index in [1.165, 1.54) is 0 Å². The number of ether oxygens (including phenoxy) is 3. The van der Waals surface area contributed by atoms with E-state index in [-0.39, 0.29) is 5.78 Å². The third kappa shape index (κ3) is 4.10. The first kappa shape index (κ1) is 22.2. The maximum Gasteiger partial charge on any atom is 0.186 e. The van der Waals surface area contributed by atoms with Gasteiger partial charge in [0.15, 0.2) is 17.3 Å². The van der Waals surface area contributed by atoms with Gasteiger partial charge >= 0.3 is 0 Å². The lowest BCUT2D eigenvalue weighted by atomic mass is 10.1. The molecule has 6 heteroatoms. The van der Waals surface area contributed by atoms with Gasteiger partial charge in [0, 0.05) is 22.7 Å². The van der Waals surface area contributed by atoms with Gasteiger partial charge in [0.1, 0.15) is 11.4 Å². The Labute approximate surface area is 203 Å². The van der Waals surface area contributed by atoms with Crippen LogP contribution in [0.15, 0.2) is 85.1 Å². The van der Waals surface area contributed by atoms with Crippen molar-refractivity contribution >= 4 is 28.3 Å². The molecule has 0 unspecified atom stereocenters. The molecule has 6 nitrogen and oxygen atoms in total. The second-order valence-electron chi connectivity index (χ2n) is 7.94. The van der Waals surface area contributed by atoms with E-state index in [1.54, 1.807) is 45.6 Å². The highest BCUT2D eigenvalue weighted by atomic mass is 16.5. The third-order valence-electron chi connectivity index (χ3n) is 5.98. The first-order valence-corrected chi connectivity index (χ1v) is 11.1. The molecule has 0 fully saturated rings. The van der Waals surface area contributed by atoms with Gasteiger partial charge < -0.3 is 14.2 Å². The summed E-state index contributed by atoms with van der Waals surface area (Å²) in [5, 5.41) is 2.14. The number of carbonyl (C=O) groups is 1. The number of benzene rings is 3. The predicted molar refractivity (Wildman–Crippen MR) is 138 cm³/mol. The number of imidazole rings is 1. The number of pyridine rings is 1. The molecule has 0 amide bonds. The van der Waals surface area contributed by atoms with E-state index in [0.29, 0.717) is 17.1 Å². The average Bonchev–Trinajstić information content (AvgIpc) is 3.30. The molecule has 3 aromatic carbocycles. The SMILES string of the molecule is COc1ccc(-c2nc3c4ccccc4ccn3c2C=CC(=O)c2ccc(OC)c(OC)c2)cc1. The number of ketones is 1. The second-order valence-corrected chi connectivity index (χ2v) is 7.94. The number of aromatic nitrogens is 2. The number of allylic oxidation sites excluding steroid dienone is 1. The number of carbonyl (C=O) groups excluding carboxylic acids is 1. The van der Waals surface area contributed by atoms with Gasteiger partial charge in [0.25, 0.3) is 0 Å². The highest BCUT2D eigenvalue weighted by Crippen LogP contribution is 2.31. The summed E-state index contributed by atoms with van der Waals surface area (Å²) in [5.41, 5.74) is 3.85. The van der Waals surface area contributed by atoms with E-state index in [1.807, 2.05) is 53.1 Å². The molecular weight excluding hydrogens is 440 g/mol. The highest BCUT2D eigenvalue weighted by molar-refractivity contribution is 6.07. The minimum absolute atomic E-state index is 0.151. The van der Waals surface area contributed by atoms with Crippen molar-refractivity contribution in [2.75, 3.05) is 21.3 Å². The summed E-state index contributed by atoms with van der Waals surface area (Å²) in [7, 11) is 4.75. The molecule has 0 saturated carbocycles. The van der Waals surface area contributed by atoms with Crippen molar-refractivity contribution in [1.82, 2.24) is 9.38 Å². The Morgan fingerprint density at radius 2 is 1.63 bits per heavy atom.